The molecule has 0 radical (unpaired) electrons. The molecule has 0 N–H and O–H groups in total. The van der Waals surface area contributed by atoms with Crippen molar-refractivity contribution >= 4 is 32.8 Å². The number of rotatable bonds is 2. The van der Waals surface area contributed by atoms with Crippen molar-refractivity contribution in [3.8, 4) is 11.4 Å². The minimum Gasteiger partial charge on any atom is -0.309 e. The molecule has 0 unspecified atom stereocenters. The number of benzene rings is 4. The first kappa shape index (κ1) is 17.0. The van der Waals surface area contributed by atoms with Gasteiger partial charge in [-0.1, -0.05) is 42.0 Å². The van der Waals surface area contributed by atoms with Crippen LogP contribution in [0.15, 0.2) is 91.0 Å². The van der Waals surface area contributed by atoms with Crippen molar-refractivity contribution in [3.05, 3.63) is 102 Å². The maximum atomic E-state index is 4.76. The summed E-state index contributed by atoms with van der Waals surface area (Å²) in [6.45, 7) is 4.23. The van der Waals surface area contributed by atoms with Gasteiger partial charge in [-0.05, 0) is 68.4 Å². The second-order valence-electron chi connectivity index (χ2n) is 7.88. The van der Waals surface area contributed by atoms with E-state index in [0.29, 0.717) is 0 Å². The van der Waals surface area contributed by atoms with Gasteiger partial charge in [0.05, 0.1) is 22.1 Å². The lowest BCUT2D eigenvalue weighted by atomic mass is 10.1. The van der Waals surface area contributed by atoms with Crippen LogP contribution >= 0.6 is 0 Å². The first-order chi connectivity index (χ1) is 14.7. The zero-order chi connectivity index (χ0) is 20.2. The summed E-state index contributed by atoms with van der Waals surface area (Å²) in [6.07, 6.45) is 0. The van der Waals surface area contributed by atoms with Gasteiger partial charge in [-0.25, -0.2) is 4.98 Å². The SMILES string of the molecule is Cc1ccc2c(c1)c1cc(-n3c(C)nc4ccccc43)ccc1n2-c1ccccc1. The second kappa shape index (κ2) is 6.33. The van der Waals surface area contributed by atoms with Crippen LogP contribution in [0.5, 0.6) is 0 Å². The number of fused-ring (bicyclic) bond motifs is 4. The van der Waals surface area contributed by atoms with Gasteiger partial charge in [-0.15, -0.1) is 0 Å². The van der Waals surface area contributed by atoms with E-state index < -0.39 is 0 Å². The van der Waals surface area contributed by atoms with Crippen LogP contribution in [0.2, 0.25) is 0 Å². The molecular weight excluding hydrogens is 366 g/mol. The van der Waals surface area contributed by atoms with E-state index in [9.17, 15) is 0 Å². The highest BCUT2D eigenvalue weighted by Crippen LogP contribution is 2.34. The normalized spacial score (nSPS) is 11.7. The fourth-order valence-corrected chi connectivity index (χ4v) is 4.59. The lowest BCUT2D eigenvalue weighted by Crippen LogP contribution is -1.97. The van der Waals surface area contributed by atoms with Gasteiger partial charge >= 0.3 is 0 Å². The highest BCUT2D eigenvalue weighted by atomic mass is 15.1. The maximum absolute atomic E-state index is 4.76. The van der Waals surface area contributed by atoms with Gasteiger partial charge in [0.1, 0.15) is 5.82 Å². The van der Waals surface area contributed by atoms with Gasteiger partial charge in [0.2, 0.25) is 0 Å². The van der Waals surface area contributed by atoms with Crippen LogP contribution in [-0.4, -0.2) is 14.1 Å². The van der Waals surface area contributed by atoms with E-state index >= 15 is 0 Å². The summed E-state index contributed by atoms with van der Waals surface area (Å²) in [6, 6.07) is 32.4. The Balaban J connectivity index is 1.70. The lowest BCUT2D eigenvalue weighted by molar-refractivity contribution is 1.00. The topological polar surface area (TPSA) is 22.8 Å². The van der Waals surface area contributed by atoms with Gasteiger partial charge in [-0.3, -0.25) is 4.57 Å². The van der Waals surface area contributed by atoms with E-state index in [-0.39, 0.29) is 0 Å². The maximum Gasteiger partial charge on any atom is 0.111 e. The summed E-state index contributed by atoms with van der Waals surface area (Å²) in [4.78, 5) is 4.76. The van der Waals surface area contributed by atoms with Crippen LogP contribution in [0, 0.1) is 13.8 Å². The predicted molar refractivity (Wildman–Crippen MR) is 125 cm³/mol. The van der Waals surface area contributed by atoms with Crippen molar-refractivity contribution in [1.29, 1.82) is 0 Å². The molecule has 3 heteroatoms. The molecule has 0 amide bonds. The number of nitrogens with zero attached hydrogens (tertiary/aromatic N) is 3. The van der Waals surface area contributed by atoms with Crippen LogP contribution in [0.25, 0.3) is 44.2 Å². The fraction of sp³-hybridized carbons (Fsp3) is 0.0741. The molecule has 0 fully saturated rings. The highest BCUT2D eigenvalue weighted by molar-refractivity contribution is 6.10. The van der Waals surface area contributed by atoms with Crippen LogP contribution in [-0.2, 0) is 0 Å². The monoisotopic (exact) mass is 387 g/mol. The molecule has 2 heterocycles. The van der Waals surface area contributed by atoms with Crippen LogP contribution in [0.4, 0.5) is 0 Å². The first-order valence-electron chi connectivity index (χ1n) is 10.3. The third-order valence-electron chi connectivity index (χ3n) is 5.91. The summed E-state index contributed by atoms with van der Waals surface area (Å²) < 4.78 is 4.60. The highest BCUT2D eigenvalue weighted by Gasteiger charge is 2.15. The van der Waals surface area contributed by atoms with E-state index in [0.717, 1.165) is 22.5 Å². The number of aromatic nitrogens is 3. The Labute approximate surface area is 174 Å². The minimum atomic E-state index is 0.999. The molecule has 4 aromatic carbocycles. The van der Waals surface area contributed by atoms with Crippen LogP contribution in [0.1, 0.15) is 11.4 Å². The molecule has 0 saturated heterocycles. The van der Waals surface area contributed by atoms with E-state index in [1.807, 2.05) is 6.07 Å². The zero-order valence-electron chi connectivity index (χ0n) is 17.0. The van der Waals surface area contributed by atoms with Gasteiger partial charge in [-0.2, -0.15) is 0 Å². The molecule has 0 spiro atoms. The number of hydrogen-bond donors (Lipinski definition) is 0. The summed E-state index contributed by atoms with van der Waals surface area (Å²) in [5, 5.41) is 2.53. The molecule has 0 aliphatic rings. The van der Waals surface area contributed by atoms with E-state index in [2.05, 4.69) is 108 Å². The van der Waals surface area contributed by atoms with Crippen LogP contribution in [0.3, 0.4) is 0 Å². The molecule has 6 rings (SSSR count). The lowest BCUT2D eigenvalue weighted by Gasteiger charge is -2.09. The number of hydrogen-bond acceptors (Lipinski definition) is 1. The number of aryl methyl sites for hydroxylation is 2. The fourth-order valence-electron chi connectivity index (χ4n) is 4.59. The van der Waals surface area contributed by atoms with E-state index in [4.69, 9.17) is 4.98 Å². The van der Waals surface area contributed by atoms with Gasteiger partial charge in [0, 0.05) is 22.1 Å². The Kier molecular flexibility index (Phi) is 3.59. The van der Waals surface area contributed by atoms with Gasteiger partial charge in [0.25, 0.3) is 0 Å². The average Bonchev–Trinajstić information content (AvgIpc) is 3.27. The minimum absolute atomic E-state index is 0.999. The predicted octanol–water partition coefficient (Wildman–Crippen LogP) is 6.74. The molecule has 0 aliphatic carbocycles. The molecule has 2 aromatic heterocycles. The molecule has 3 nitrogen and oxygen atoms in total. The molecule has 0 bridgehead atoms. The number of imidazole rings is 1. The Bertz CT molecular complexity index is 1550. The van der Waals surface area contributed by atoms with Crippen molar-refractivity contribution < 1.29 is 0 Å². The van der Waals surface area contributed by atoms with Gasteiger partial charge in [0.15, 0.2) is 0 Å². The molecule has 0 aliphatic heterocycles. The third-order valence-corrected chi connectivity index (χ3v) is 5.91. The van der Waals surface area contributed by atoms with Gasteiger partial charge < -0.3 is 4.57 Å². The van der Waals surface area contributed by atoms with Crippen molar-refractivity contribution in [1.82, 2.24) is 14.1 Å². The standard InChI is InChI=1S/C27H21N3/c1-18-12-14-25-22(16-18)23-17-21(29-19(2)28-24-10-6-7-11-27(24)29)13-15-26(23)30(25)20-8-4-3-5-9-20/h3-17H,1-2H3. The molecule has 30 heavy (non-hydrogen) atoms. The smallest absolute Gasteiger partial charge is 0.111 e. The summed E-state index contributed by atoms with van der Waals surface area (Å²) in [5.74, 6) is 0.999. The summed E-state index contributed by atoms with van der Waals surface area (Å²) in [5.41, 5.74) is 8.19. The van der Waals surface area contributed by atoms with Crippen molar-refractivity contribution in [2.24, 2.45) is 0 Å². The Morgan fingerprint density at radius 2 is 1.27 bits per heavy atom. The third kappa shape index (κ3) is 2.42. The molecule has 6 aromatic rings. The summed E-state index contributed by atoms with van der Waals surface area (Å²) >= 11 is 0. The largest absolute Gasteiger partial charge is 0.309 e. The molecule has 0 atom stereocenters. The van der Waals surface area contributed by atoms with E-state index in [1.165, 1.54) is 33.1 Å². The van der Waals surface area contributed by atoms with Crippen molar-refractivity contribution in [3.63, 3.8) is 0 Å². The molecule has 0 saturated carbocycles. The Morgan fingerprint density at radius 1 is 0.567 bits per heavy atom. The molecular formula is C27H21N3. The quantitative estimate of drug-likeness (QED) is 0.323. The zero-order valence-corrected chi connectivity index (χ0v) is 17.0. The van der Waals surface area contributed by atoms with Crippen molar-refractivity contribution in [2.45, 2.75) is 13.8 Å². The first-order valence-corrected chi connectivity index (χ1v) is 10.3. The Hall–Kier alpha value is -3.85. The number of para-hydroxylation sites is 3. The average molecular weight is 387 g/mol. The van der Waals surface area contributed by atoms with Crippen LogP contribution < -0.4 is 0 Å². The van der Waals surface area contributed by atoms with Crippen molar-refractivity contribution in [2.75, 3.05) is 0 Å². The summed E-state index contributed by atoms with van der Waals surface area (Å²) in [7, 11) is 0. The second-order valence-corrected chi connectivity index (χ2v) is 7.88. The molecule has 144 valence electrons. The van der Waals surface area contributed by atoms with E-state index in [1.54, 1.807) is 0 Å². The Morgan fingerprint density at radius 3 is 2.10 bits per heavy atom.